The summed E-state index contributed by atoms with van der Waals surface area (Å²) in [5.74, 6) is 0.226. The fraction of sp³-hybridized carbons (Fsp3) is 0. The van der Waals surface area contributed by atoms with Gasteiger partial charge in [-0.3, -0.25) is 0 Å². The number of furan rings is 1. The molecule has 3 nitrogen and oxygen atoms in total. The third-order valence-electron chi connectivity index (χ3n) is 4.63. The van der Waals surface area contributed by atoms with Crippen molar-refractivity contribution in [3.8, 4) is 28.1 Å². The third-order valence-corrected chi connectivity index (χ3v) is 4.86. The number of hydrogen-bond donors (Lipinski definition) is 1. The summed E-state index contributed by atoms with van der Waals surface area (Å²) < 4.78 is 6.14. The number of nitrogens with zero attached hydrogens (tertiary/aromatic N) is 1. The van der Waals surface area contributed by atoms with Crippen LogP contribution in [0.15, 0.2) is 83.3 Å². The van der Waals surface area contributed by atoms with Crippen LogP contribution < -0.4 is 0 Å². The van der Waals surface area contributed by atoms with Crippen molar-refractivity contribution in [3.63, 3.8) is 0 Å². The molecule has 2 aromatic heterocycles. The topological polar surface area (TPSA) is 46.3 Å². The van der Waals surface area contributed by atoms with Crippen molar-refractivity contribution in [2.45, 2.75) is 0 Å². The first-order valence-corrected chi connectivity index (χ1v) is 8.94. The Morgan fingerprint density at radius 3 is 2.44 bits per heavy atom. The standard InChI is InChI=1S/C23H14ClNO2/c24-16-5-3-4-15(12-16)19-13-20(14-8-10-17(26)11-9-14)25-22-18-6-1-2-7-21(18)27-23(19)22/h1-13,26H. The molecule has 0 radical (unpaired) electrons. The third kappa shape index (κ3) is 2.73. The van der Waals surface area contributed by atoms with Gasteiger partial charge in [-0.1, -0.05) is 35.9 Å². The number of para-hydroxylation sites is 1. The number of aromatic nitrogens is 1. The second kappa shape index (κ2) is 6.15. The molecule has 0 aliphatic carbocycles. The first-order chi connectivity index (χ1) is 13.2. The number of phenols is 1. The number of phenolic OH excluding ortho intramolecular Hbond substituents is 1. The van der Waals surface area contributed by atoms with Gasteiger partial charge in [0.1, 0.15) is 16.8 Å². The summed E-state index contributed by atoms with van der Waals surface area (Å²) in [5.41, 5.74) is 5.97. The maximum atomic E-state index is 9.60. The number of rotatable bonds is 2. The molecule has 0 amide bonds. The zero-order valence-corrected chi connectivity index (χ0v) is 14.9. The van der Waals surface area contributed by atoms with Gasteiger partial charge in [-0.15, -0.1) is 0 Å². The molecule has 5 rings (SSSR count). The van der Waals surface area contributed by atoms with Crippen LogP contribution in [-0.4, -0.2) is 10.1 Å². The first-order valence-electron chi connectivity index (χ1n) is 8.57. The number of fused-ring (bicyclic) bond motifs is 3. The van der Waals surface area contributed by atoms with Gasteiger partial charge in [0, 0.05) is 21.5 Å². The second-order valence-corrected chi connectivity index (χ2v) is 6.82. The molecule has 0 aliphatic heterocycles. The van der Waals surface area contributed by atoms with Crippen LogP contribution in [-0.2, 0) is 0 Å². The average molecular weight is 372 g/mol. The molecular formula is C23H14ClNO2. The highest BCUT2D eigenvalue weighted by Crippen LogP contribution is 2.38. The molecule has 0 fully saturated rings. The maximum Gasteiger partial charge on any atom is 0.161 e. The summed E-state index contributed by atoms with van der Waals surface area (Å²) in [6, 6.07) is 24.6. The van der Waals surface area contributed by atoms with Crippen molar-refractivity contribution in [1.82, 2.24) is 4.98 Å². The number of aromatic hydroxyl groups is 1. The lowest BCUT2D eigenvalue weighted by Gasteiger charge is -2.08. The molecule has 0 saturated heterocycles. The van der Waals surface area contributed by atoms with Crippen LogP contribution in [0.1, 0.15) is 0 Å². The van der Waals surface area contributed by atoms with Gasteiger partial charge < -0.3 is 9.52 Å². The molecule has 130 valence electrons. The Morgan fingerprint density at radius 2 is 1.63 bits per heavy atom. The highest BCUT2D eigenvalue weighted by Gasteiger charge is 2.16. The van der Waals surface area contributed by atoms with Gasteiger partial charge in [0.15, 0.2) is 5.58 Å². The summed E-state index contributed by atoms with van der Waals surface area (Å²) in [5, 5.41) is 11.2. The lowest BCUT2D eigenvalue weighted by atomic mass is 10.0. The van der Waals surface area contributed by atoms with Gasteiger partial charge in [-0.2, -0.15) is 0 Å². The van der Waals surface area contributed by atoms with Crippen molar-refractivity contribution in [2.75, 3.05) is 0 Å². The molecule has 0 bridgehead atoms. The number of halogens is 1. The molecule has 4 heteroatoms. The van der Waals surface area contributed by atoms with Gasteiger partial charge in [0.2, 0.25) is 0 Å². The van der Waals surface area contributed by atoms with E-state index in [1.54, 1.807) is 12.1 Å². The van der Waals surface area contributed by atoms with E-state index < -0.39 is 0 Å². The fourth-order valence-electron chi connectivity index (χ4n) is 3.33. The predicted octanol–water partition coefficient (Wildman–Crippen LogP) is 6.67. The van der Waals surface area contributed by atoms with E-state index in [0.717, 1.165) is 44.5 Å². The van der Waals surface area contributed by atoms with Gasteiger partial charge in [0.25, 0.3) is 0 Å². The molecule has 5 aromatic rings. The van der Waals surface area contributed by atoms with Crippen molar-refractivity contribution in [1.29, 1.82) is 0 Å². The Balaban J connectivity index is 1.87. The van der Waals surface area contributed by atoms with Crippen molar-refractivity contribution < 1.29 is 9.52 Å². The fourth-order valence-corrected chi connectivity index (χ4v) is 3.52. The van der Waals surface area contributed by atoms with E-state index in [0.29, 0.717) is 5.02 Å². The molecule has 0 atom stereocenters. The van der Waals surface area contributed by atoms with E-state index in [1.807, 2.05) is 66.7 Å². The molecule has 0 unspecified atom stereocenters. The normalized spacial score (nSPS) is 11.3. The Morgan fingerprint density at radius 1 is 0.815 bits per heavy atom. The van der Waals surface area contributed by atoms with Crippen molar-refractivity contribution >= 4 is 33.7 Å². The monoisotopic (exact) mass is 371 g/mol. The van der Waals surface area contributed by atoms with Crippen LogP contribution in [0.4, 0.5) is 0 Å². The summed E-state index contributed by atoms with van der Waals surface area (Å²) in [4.78, 5) is 4.86. The minimum Gasteiger partial charge on any atom is -0.508 e. The molecule has 1 N–H and O–H groups in total. The molecule has 0 spiro atoms. The molecule has 3 aromatic carbocycles. The predicted molar refractivity (Wildman–Crippen MR) is 109 cm³/mol. The number of pyridine rings is 1. The largest absolute Gasteiger partial charge is 0.508 e. The van der Waals surface area contributed by atoms with E-state index in [1.165, 1.54) is 0 Å². The van der Waals surface area contributed by atoms with Crippen LogP contribution in [0.3, 0.4) is 0 Å². The van der Waals surface area contributed by atoms with Crippen LogP contribution in [0.2, 0.25) is 5.02 Å². The maximum absolute atomic E-state index is 9.60. The van der Waals surface area contributed by atoms with E-state index >= 15 is 0 Å². The molecule has 2 heterocycles. The SMILES string of the molecule is Oc1ccc(-c2cc(-c3cccc(Cl)c3)c3oc4ccccc4c3n2)cc1. The summed E-state index contributed by atoms with van der Waals surface area (Å²) in [6.45, 7) is 0. The summed E-state index contributed by atoms with van der Waals surface area (Å²) >= 11 is 6.22. The Labute approximate surface area is 160 Å². The number of benzene rings is 3. The van der Waals surface area contributed by atoms with Gasteiger partial charge in [-0.25, -0.2) is 4.98 Å². The Kier molecular flexibility index (Phi) is 3.62. The first kappa shape index (κ1) is 15.9. The van der Waals surface area contributed by atoms with Crippen LogP contribution >= 0.6 is 11.6 Å². The zero-order valence-electron chi connectivity index (χ0n) is 14.2. The van der Waals surface area contributed by atoms with Gasteiger partial charge in [-0.05, 0) is 60.2 Å². The van der Waals surface area contributed by atoms with E-state index in [2.05, 4.69) is 0 Å². The Hall–Kier alpha value is -3.30. The summed E-state index contributed by atoms with van der Waals surface area (Å²) in [6.07, 6.45) is 0. The van der Waals surface area contributed by atoms with Crippen molar-refractivity contribution in [3.05, 3.63) is 83.9 Å². The summed E-state index contributed by atoms with van der Waals surface area (Å²) in [7, 11) is 0. The molecule has 0 saturated carbocycles. The second-order valence-electron chi connectivity index (χ2n) is 6.39. The van der Waals surface area contributed by atoms with Crippen LogP contribution in [0, 0.1) is 0 Å². The van der Waals surface area contributed by atoms with E-state index in [9.17, 15) is 5.11 Å². The quantitative estimate of drug-likeness (QED) is 0.376. The van der Waals surface area contributed by atoms with Crippen LogP contribution in [0.5, 0.6) is 5.75 Å². The number of hydrogen-bond acceptors (Lipinski definition) is 3. The van der Waals surface area contributed by atoms with Gasteiger partial charge >= 0.3 is 0 Å². The minimum absolute atomic E-state index is 0.226. The molecule has 0 aliphatic rings. The lowest BCUT2D eigenvalue weighted by Crippen LogP contribution is -1.88. The molecular weight excluding hydrogens is 358 g/mol. The Bertz CT molecular complexity index is 1290. The van der Waals surface area contributed by atoms with Crippen LogP contribution in [0.25, 0.3) is 44.5 Å². The van der Waals surface area contributed by atoms with E-state index in [4.69, 9.17) is 21.0 Å². The highest BCUT2D eigenvalue weighted by molar-refractivity contribution is 6.31. The van der Waals surface area contributed by atoms with Crippen molar-refractivity contribution in [2.24, 2.45) is 0 Å². The molecule has 27 heavy (non-hydrogen) atoms. The van der Waals surface area contributed by atoms with E-state index in [-0.39, 0.29) is 5.75 Å². The van der Waals surface area contributed by atoms with Gasteiger partial charge in [0.05, 0.1) is 5.69 Å². The zero-order chi connectivity index (χ0) is 18.4. The highest BCUT2D eigenvalue weighted by atomic mass is 35.5. The lowest BCUT2D eigenvalue weighted by molar-refractivity contribution is 0.475. The minimum atomic E-state index is 0.226. The smallest absolute Gasteiger partial charge is 0.161 e. The average Bonchev–Trinajstić information content (AvgIpc) is 3.06.